The van der Waals surface area contributed by atoms with Crippen molar-refractivity contribution in [1.29, 1.82) is 0 Å². The topological polar surface area (TPSA) is 29.3 Å². The van der Waals surface area contributed by atoms with Crippen LogP contribution >= 0.6 is 11.8 Å². The summed E-state index contributed by atoms with van der Waals surface area (Å²) in [4.78, 5) is 2.12. The first kappa shape index (κ1) is 14.1. The fourth-order valence-electron chi connectivity index (χ4n) is 2.19. The molecule has 0 bridgehead atoms. The lowest BCUT2D eigenvalue weighted by molar-refractivity contribution is -0.0329. The van der Waals surface area contributed by atoms with Crippen molar-refractivity contribution in [2.45, 2.75) is 37.2 Å². The minimum Gasteiger partial charge on any atom is -0.329 e. The Morgan fingerprint density at radius 3 is 2.31 bits per heavy atom. The average molecular weight is 256 g/mol. The van der Waals surface area contributed by atoms with Crippen LogP contribution in [0.2, 0.25) is 0 Å². The predicted molar refractivity (Wildman–Crippen MR) is 61.4 cm³/mol. The number of hydrogen-bond acceptors (Lipinski definition) is 3. The van der Waals surface area contributed by atoms with E-state index in [1.165, 1.54) is 12.8 Å². The Morgan fingerprint density at radius 1 is 1.19 bits per heavy atom. The van der Waals surface area contributed by atoms with E-state index in [2.05, 4.69) is 4.90 Å². The fourth-order valence-corrected chi connectivity index (χ4v) is 2.75. The van der Waals surface area contributed by atoms with E-state index in [0.717, 1.165) is 12.8 Å². The molecule has 1 fully saturated rings. The molecule has 0 unspecified atom stereocenters. The summed E-state index contributed by atoms with van der Waals surface area (Å²) in [6.45, 7) is 1.72. The van der Waals surface area contributed by atoms with Crippen molar-refractivity contribution in [3.63, 3.8) is 0 Å². The van der Waals surface area contributed by atoms with Crippen LogP contribution in [0, 0.1) is 0 Å². The summed E-state index contributed by atoms with van der Waals surface area (Å²) in [5, 5.41) is 0. The molecule has 0 saturated heterocycles. The molecule has 0 aliphatic heterocycles. The molecule has 2 N–H and O–H groups in total. The van der Waals surface area contributed by atoms with Gasteiger partial charge < -0.3 is 5.73 Å². The molecule has 16 heavy (non-hydrogen) atoms. The van der Waals surface area contributed by atoms with E-state index in [0.29, 0.717) is 25.7 Å². The molecular formula is C10H19F3N2S. The van der Waals surface area contributed by atoms with E-state index >= 15 is 0 Å². The van der Waals surface area contributed by atoms with Crippen LogP contribution < -0.4 is 5.73 Å². The largest absolute Gasteiger partial charge is 0.441 e. The Labute approximate surface area is 98.7 Å². The van der Waals surface area contributed by atoms with Gasteiger partial charge in [0, 0.05) is 31.4 Å². The van der Waals surface area contributed by atoms with Crippen molar-refractivity contribution < 1.29 is 13.2 Å². The lowest BCUT2D eigenvalue weighted by Crippen LogP contribution is -2.39. The number of rotatable bonds is 6. The number of halogens is 3. The van der Waals surface area contributed by atoms with E-state index in [9.17, 15) is 13.2 Å². The van der Waals surface area contributed by atoms with Gasteiger partial charge in [0.25, 0.3) is 0 Å². The number of alkyl halides is 3. The molecule has 6 heteroatoms. The molecule has 0 amide bonds. The van der Waals surface area contributed by atoms with Crippen molar-refractivity contribution in [2.75, 3.05) is 25.4 Å². The third-order valence-corrected chi connectivity index (χ3v) is 3.62. The average Bonchev–Trinajstić information content (AvgIpc) is 2.67. The highest BCUT2D eigenvalue weighted by atomic mass is 32.2. The molecule has 96 valence electrons. The SMILES string of the molecule is NCCN(CCSC(F)(F)F)C1CCCC1. The van der Waals surface area contributed by atoms with Gasteiger partial charge >= 0.3 is 5.51 Å². The molecular weight excluding hydrogens is 237 g/mol. The van der Waals surface area contributed by atoms with Crippen molar-refractivity contribution in [1.82, 2.24) is 4.90 Å². The summed E-state index contributed by atoms with van der Waals surface area (Å²) in [6.07, 6.45) is 4.60. The molecule has 0 aromatic heterocycles. The van der Waals surface area contributed by atoms with Gasteiger partial charge in [-0.25, -0.2) is 0 Å². The van der Waals surface area contributed by atoms with Crippen LogP contribution in [0.3, 0.4) is 0 Å². The van der Waals surface area contributed by atoms with Gasteiger partial charge in [0.15, 0.2) is 0 Å². The highest BCUT2D eigenvalue weighted by Gasteiger charge is 2.29. The Hall–Kier alpha value is 0.0600. The number of thioether (sulfide) groups is 1. The molecule has 0 heterocycles. The van der Waals surface area contributed by atoms with Gasteiger partial charge in [0.2, 0.25) is 0 Å². The smallest absolute Gasteiger partial charge is 0.329 e. The number of nitrogens with zero attached hydrogens (tertiary/aromatic N) is 1. The van der Waals surface area contributed by atoms with Gasteiger partial charge in [-0.05, 0) is 24.6 Å². The van der Waals surface area contributed by atoms with Crippen LogP contribution in [-0.4, -0.2) is 41.8 Å². The first-order valence-corrected chi connectivity index (χ1v) is 6.66. The second-order valence-corrected chi connectivity index (χ2v) is 5.22. The van der Waals surface area contributed by atoms with Crippen molar-refractivity contribution in [3.05, 3.63) is 0 Å². The van der Waals surface area contributed by atoms with Crippen LogP contribution in [0.1, 0.15) is 25.7 Å². The minimum atomic E-state index is -4.11. The Bertz CT molecular complexity index is 193. The van der Waals surface area contributed by atoms with Gasteiger partial charge in [0.05, 0.1) is 0 Å². The summed E-state index contributed by atoms with van der Waals surface area (Å²) >= 11 is 0.0641. The standard InChI is InChI=1S/C10H19F3N2S/c11-10(12,13)16-8-7-15(6-5-14)9-3-1-2-4-9/h9H,1-8,14H2. The lowest BCUT2D eigenvalue weighted by Gasteiger charge is -2.28. The van der Waals surface area contributed by atoms with E-state index in [-0.39, 0.29) is 17.5 Å². The second-order valence-electron chi connectivity index (χ2n) is 4.06. The van der Waals surface area contributed by atoms with Crippen LogP contribution in [0.5, 0.6) is 0 Å². The Balaban J connectivity index is 2.27. The molecule has 1 aliphatic carbocycles. The molecule has 0 spiro atoms. The summed E-state index contributed by atoms with van der Waals surface area (Å²) in [5.74, 6) is 0.111. The zero-order chi connectivity index (χ0) is 12.0. The van der Waals surface area contributed by atoms with Gasteiger partial charge in [0.1, 0.15) is 0 Å². The van der Waals surface area contributed by atoms with Crippen LogP contribution in [0.15, 0.2) is 0 Å². The summed E-state index contributed by atoms with van der Waals surface area (Å²) in [5.41, 5.74) is 1.38. The molecule has 0 aromatic carbocycles. The third kappa shape index (κ3) is 5.41. The fraction of sp³-hybridized carbons (Fsp3) is 1.00. The highest BCUT2D eigenvalue weighted by Crippen LogP contribution is 2.30. The van der Waals surface area contributed by atoms with E-state index < -0.39 is 5.51 Å². The van der Waals surface area contributed by atoms with Crippen molar-refractivity contribution >= 4 is 11.8 Å². The maximum Gasteiger partial charge on any atom is 0.441 e. The Kier molecular flexibility index (Phi) is 5.92. The van der Waals surface area contributed by atoms with Gasteiger partial charge in [-0.1, -0.05) is 12.8 Å². The molecule has 0 radical (unpaired) electrons. The number of nitrogens with two attached hydrogens (primary N) is 1. The zero-order valence-electron chi connectivity index (χ0n) is 9.30. The number of hydrogen-bond donors (Lipinski definition) is 1. The van der Waals surface area contributed by atoms with Gasteiger partial charge in [-0.3, -0.25) is 4.90 Å². The van der Waals surface area contributed by atoms with E-state index in [1.54, 1.807) is 0 Å². The summed E-state index contributed by atoms with van der Waals surface area (Å²) in [7, 11) is 0. The van der Waals surface area contributed by atoms with E-state index in [4.69, 9.17) is 5.73 Å². The van der Waals surface area contributed by atoms with Crippen molar-refractivity contribution in [3.8, 4) is 0 Å². The monoisotopic (exact) mass is 256 g/mol. The molecule has 1 rings (SSSR count). The molecule has 2 nitrogen and oxygen atoms in total. The molecule has 1 aliphatic rings. The van der Waals surface area contributed by atoms with Crippen LogP contribution in [-0.2, 0) is 0 Å². The zero-order valence-corrected chi connectivity index (χ0v) is 10.1. The third-order valence-electron chi connectivity index (χ3n) is 2.90. The first-order chi connectivity index (χ1) is 7.53. The quantitative estimate of drug-likeness (QED) is 0.791. The maximum absolute atomic E-state index is 12.0. The highest BCUT2D eigenvalue weighted by molar-refractivity contribution is 8.00. The predicted octanol–water partition coefficient (Wildman–Crippen LogP) is 2.44. The minimum absolute atomic E-state index is 0.0641. The molecule has 0 aromatic rings. The normalized spacial score (nSPS) is 18.6. The second kappa shape index (κ2) is 6.71. The molecule has 0 atom stereocenters. The summed E-state index contributed by atoms with van der Waals surface area (Å²) in [6, 6.07) is 0.456. The van der Waals surface area contributed by atoms with Crippen LogP contribution in [0.25, 0.3) is 0 Å². The Morgan fingerprint density at radius 2 is 1.81 bits per heavy atom. The van der Waals surface area contributed by atoms with Crippen LogP contribution in [0.4, 0.5) is 13.2 Å². The lowest BCUT2D eigenvalue weighted by atomic mass is 10.2. The molecule has 1 saturated carbocycles. The maximum atomic E-state index is 12.0. The van der Waals surface area contributed by atoms with Gasteiger partial charge in [-0.15, -0.1) is 0 Å². The van der Waals surface area contributed by atoms with E-state index in [1.807, 2.05) is 0 Å². The van der Waals surface area contributed by atoms with Gasteiger partial charge in [-0.2, -0.15) is 13.2 Å². The van der Waals surface area contributed by atoms with Crippen molar-refractivity contribution in [2.24, 2.45) is 5.73 Å². The summed E-state index contributed by atoms with van der Waals surface area (Å²) < 4.78 is 36.0. The first-order valence-electron chi connectivity index (χ1n) is 5.68.